The molecule has 1 N–H and O–H groups in total. The average Bonchev–Trinajstić information content (AvgIpc) is 2.86. The maximum Gasteiger partial charge on any atom is 0.333 e. The summed E-state index contributed by atoms with van der Waals surface area (Å²) in [6.07, 6.45) is 0. The lowest BCUT2D eigenvalue weighted by atomic mass is 10.3. The van der Waals surface area contributed by atoms with Gasteiger partial charge in [-0.05, 0) is 17.5 Å². The molecular weight excluding hydrogens is 222 g/mol. The van der Waals surface area contributed by atoms with Gasteiger partial charge in [-0.3, -0.25) is 0 Å². The molecule has 0 aliphatic heterocycles. The van der Waals surface area contributed by atoms with E-state index in [4.69, 9.17) is 5.11 Å². The molecule has 80 valence electrons. The van der Waals surface area contributed by atoms with E-state index in [-0.39, 0.29) is 5.69 Å². The molecule has 3 nitrogen and oxygen atoms in total. The fourth-order valence-electron chi connectivity index (χ4n) is 1.26. The van der Waals surface area contributed by atoms with Gasteiger partial charge in [0.25, 0.3) is 0 Å². The summed E-state index contributed by atoms with van der Waals surface area (Å²) in [6, 6.07) is 5.09. The zero-order valence-electron chi connectivity index (χ0n) is 7.60. The predicted octanol–water partition coefficient (Wildman–Crippen LogP) is 2.50. The van der Waals surface area contributed by atoms with Crippen LogP contribution >= 0.6 is 11.3 Å². The number of aliphatic hydroxyl groups excluding tert-OH is 1. The van der Waals surface area contributed by atoms with Crippen LogP contribution in [0.15, 0.2) is 23.6 Å². The van der Waals surface area contributed by atoms with Crippen molar-refractivity contribution in [3.8, 4) is 10.6 Å². The van der Waals surface area contributed by atoms with E-state index in [0.717, 1.165) is 4.88 Å². The minimum absolute atomic E-state index is 0.119. The van der Waals surface area contributed by atoms with E-state index in [0.29, 0.717) is 10.4 Å². The Bertz CT molecular complexity index is 439. The highest BCUT2D eigenvalue weighted by Crippen LogP contribution is 2.26. The molecular formula is C9H8F2N2OS. The molecule has 0 spiro atoms. The molecule has 0 bridgehead atoms. The van der Waals surface area contributed by atoms with Crippen LogP contribution in [0.1, 0.15) is 12.2 Å². The normalized spacial score (nSPS) is 11.2. The Labute approximate surface area is 88.6 Å². The summed E-state index contributed by atoms with van der Waals surface area (Å²) >= 11 is 1.42. The van der Waals surface area contributed by atoms with E-state index in [1.54, 1.807) is 6.07 Å². The topological polar surface area (TPSA) is 38.1 Å². The number of aliphatic hydroxyl groups is 1. The summed E-state index contributed by atoms with van der Waals surface area (Å²) < 4.78 is 25.5. The van der Waals surface area contributed by atoms with E-state index in [9.17, 15) is 8.78 Å². The lowest BCUT2D eigenvalue weighted by molar-refractivity contribution is 0.0493. The zero-order valence-corrected chi connectivity index (χ0v) is 8.42. The number of hydrogen-bond donors (Lipinski definition) is 1. The van der Waals surface area contributed by atoms with Crippen LogP contribution in [-0.4, -0.2) is 14.9 Å². The highest BCUT2D eigenvalue weighted by Gasteiger charge is 2.15. The van der Waals surface area contributed by atoms with Crippen molar-refractivity contribution < 1.29 is 13.9 Å². The first kappa shape index (κ1) is 10.3. The molecule has 0 unspecified atom stereocenters. The average molecular weight is 230 g/mol. The van der Waals surface area contributed by atoms with Gasteiger partial charge in [0, 0.05) is 0 Å². The summed E-state index contributed by atoms with van der Waals surface area (Å²) in [4.78, 5) is 0.809. The molecule has 0 amide bonds. The van der Waals surface area contributed by atoms with Crippen molar-refractivity contribution in [3.05, 3.63) is 29.3 Å². The van der Waals surface area contributed by atoms with Gasteiger partial charge in [-0.15, -0.1) is 11.3 Å². The molecule has 0 atom stereocenters. The van der Waals surface area contributed by atoms with Crippen LogP contribution in [0.25, 0.3) is 10.6 Å². The molecule has 0 radical (unpaired) electrons. The van der Waals surface area contributed by atoms with Crippen LogP contribution < -0.4 is 0 Å². The predicted molar refractivity (Wildman–Crippen MR) is 52.7 cm³/mol. The second-order valence-electron chi connectivity index (χ2n) is 2.88. The molecule has 0 saturated carbocycles. The number of halogens is 2. The maximum atomic E-state index is 12.5. The van der Waals surface area contributed by atoms with Crippen LogP contribution in [0, 0.1) is 0 Å². The van der Waals surface area contributed by atoms with Gasteiger partial charge in [0.2, 0.25) is 0 Å². The van der Waals surface area contributed by atoms with E-state index in [1.807, 2.05) is 11.4 Å². The number of rotatable bonds is 3. The van der Waals surface area contributed by atoms with E-state index < -0.39 is 13.2 Å². The summed E-state index contributed by atoms with van der Waals surface area (Å²) in [5, 5.41) is 14.5. The second-order valence-corrected chi connectivity index (χ2v) is 3.83. The number of thiophene rings is 1. The molecule has 2 heterocycles. The van der Waals surface area contributed by atoms with Gasteiger partial charge in [-0.1, -0.05) is 6.07 Å². The number of aromatic nitrogens is 2. The molecule has 6 heteroatoms. The Hall–Kier alpha value is -1.27. The van der Waals surface area contributed by atoms with Crippen LogP contribution in [0.5, 0.6) is 0 Å². The zero-order chi connectivity index (χ0) is 10.8. The molecule has 0 aliphatic rings. The van der Waals surface area contributed by atoms with E-state index in [2.05, 4.69) is 5.10 Å². The minimum Gasteiger partial charge on any atom is -0.390 e. The highest BCUT2D eigenvalue weighted by atomic mass is 32.1. The third-order valence-electron chi connectivity index (χ3n) is 1.93. The van der Waals surface area contributed by atoms with Crippen LogP contribution in [0.4, 0.5) is 8.78 Å². The number of alkyl halides is 2. The molecule has 0 aliphatic carbocycles. The first-order chi connectivity index (χ1) is 7.22. The molecule has 0 aromatic carbocycles. The van der Waals surface area contributed by atoms with Gasteiger partial charge in [0.05, 0.1) is 17.2 Å². The van der Waals surface area contributed by atoms with Crippen molar-refractivity contribution >= 4 is 11.3 Å². The SMILES string of the molecule is OCc1cc(-c2cccs2)nn1C(F)F. The molecule has 0 fully saturated rings. The smallest absolute Gasteiger partial charge is 0.333 e. The largest absolute Gasteiger partial charge is 0.390 e. The van der Waals surface area contributed by atoms with Crippen molar-refractivity contribution in [1.82, 2.24) is 9.78 Å². The van der Waals surface area contributed by atoms with Gasteiger partial charge >= 0.3 is 6.55 Å². The third kappa shape index (κ3) is 1.91. The monoisotopic (exact) mass is 230 g/mol. The third-order valence-corrected chi connectivity index (χ3v) is 2.83. The fourth-order valence-corrected chi connectivity index (χ4v) is 1.95. The number of nitrogens with zero attached hydrogens (tertiary/aromatic N) is 2. The summed E-state index contributed by atoms with van der Waals surface area (Å²) in [6.45, 7) is -3.16. The maximum absolute atomic E-state index is 12.5. The highest BCUT2D eigenvalue weighted by molar-refractivity contribution is 7.13. The van der Waals surface area contributed by atoms with Crippen molar-refractivity contribution in [2.24, 2.45) is 0 Å². The van der Waals surface area contributed by atoms with Crippen LogP contribution in [-0.2, 0) is 6.61 Å². The first-order valence-electron chi connectivity index (χ1n) is 4.23. The minimum atomic E-state index is -2.72. The molecule has 0 saturated heterocycles. The van der Waals surface area contributed by atoms with Gasteiger partial charge in [0.1, 0.15) is 5.69 Å². The summed E-state index contributed by atoms with van der Waals surface area (Å²) in [7, 11) is 0. The molecule has 2 rings (SSSR count). The van der Waals surface area contributed by atoms with E-state index in [1.165, 1.54) is 17.4 Å². The Balaban J connectivity index is 2.43. The van der Waals surface area contributed by atoms with Crippen molar-refractivity contribution in [2.45, 2.75) is 13.2 Å². The van der Waals surface area contributed by atoms with Crippen molar-refractivity contribution in [1.29, 1.82) is 0 Å². The lowest BCUT2D eigenvalue weighted by Crippen LogP contribution is -2.05. The second kappa shape index (κ2) is 4.08. The Kier molecular flexibility index (Phi) is 2.79. The lowest BCUT2D eigenvalue weighted by Gasteiger charge is -2.01. The first-order valence-corrected chi connectivity index (χ1v) is 5.11. The molecule has 2 aromatic heterocycles. The Morgan fingerprint density at radius 2 is 2.33 bits per heavy atom. The summed E-state index contributed by atoms with van der Waals surface area (Å²) in [5.41, 5.74) is 0.586. The van der Waals surface area contributed by atoms with E-state index >= 15 is 0 Å². The van der Waals surface area contributed by atoms with Gasteiger partial charge in [-0.25, -0.2) is 4.68 Å². The molecule has 15 heavy (non-hydrogen) atoms. The van der Waals surface area contributed by atoms with Crippen LogP contribution in [0.3, 0.4) is 0 Å². The van der Waals surface area contributed by atoms with Gasteiger partial charge < -0.3 is 5.11 Å². The molecule has 2 aromatic rings. The van der Waals surface area contributed by atoms with Gasteiger partial charge in [-0.2, -0.15) is 13.9 Å². The summed E-state index contributed by atoms with van der Waals surface area (Å²) in [5.74, 6) is 0. The van der Waals surface area contributed by atoms with Crippen molar-refractivity contribution in [2.75, 3.05) is 0 Å². The van der Waals surface area contributed by atoms with Gasteiger partial charge in [0.15, 0.2) is 0 Å². The van der Waals surface area contributed by atoms with Crippen molar-refractivity contribution in [3.63, 3.8) is 0 Å². The number of hydrogen-bond acceptors (Lipinski definition) is 3. The Morgan fingerprint density at radius 1 is 1.53 bits per heavy atom. The van der Waals surface area contributed by atoms with Crippen LogP contribution in [0.2, 0.25) is 0 Å². The fraction of sp³-hybridized carbons (Fsp3) is 0.222. The standard InChI is InChI=1S/C9H8F2N2OS/c10-9(11)13-6(5-14)4-7(12-13)8-2-1-3-15-8/h1-4,9,14H,5H2. The Morgan fingerprint density at radius 3 is 2.80 bits per heavy atom. The quantitative estimate of drug-likeness (QED) is 0.879.